The fourth-order valence-electron chi connectivity index (χ4n) is 3.45. The summed E-state index contributed by atoms with van der Waals surface area (Å²) in [6.07, 6.45) is 3.91. The average Bonchev–Trinajstić information content (AvgIpc) is 2.86. The highest BCUT2D eigenvalue weighted by atomic mass is 19.1. The molecule has 0 saturated carbocycles. The van der Waals surface area contributed by atoms with Gasteiger partial charge in [0.05, 0.1) is 6.20 Å². The number of carbonyl (C=O) groups is 2. The molecule has 0 unspecified atom stereocenters. The standard InChI is InChI=1S/C26H19F3N4O2/c1-16-2-11-21(14-22(16)29)33(26(35)23-15-30-12-13-31-23)24(17-3-5-18(27)6-4-17)25(34)32-20-9-7-19(28)8-10-20/h2-15,24H,1H3,(H,32,34)/t24-/m1/s1. The van der Waals surface area contributed by atoms with Crippen molar-refractivity contribution in [2.45, 2.75) is 13.0 Å². The lowest BCUT2D eigenvalue weighted by atomic mass is 10.0. The molecular formula is C26H19F3N4O2. The Morgan fingerprint density at radius 3 is 2.14 bits per heavy atom. The summed E-state index contributed by atoms with van der Waals surface area (Å²) in [5.74, 6) is -3.05. The number of aryl methyl sites for hydroxylation is 1. The van der Waals surface area contributed by atoms with Gasteiger partial charge in [0.2, 0.25) is 0 Å². The predicted molar refractivity (Wildman–Crippen MR) is 124 cm³/mol. The van der Waals surface area contributed by atoms with Crippen LogP contribution in [0.5, 0.6) is 0 Å². The molecule has 9 heteroatoms. The van der Waals surface area contributed by atoms with Gasteiger partial charge in [0, 0.05) is 23.8 Å². The van der Waals surface area contributed by atoms with Crippen LogP contribution in [0.2, 0.25) is 0 Å². The molecule has 35 heavy (non-hydrogen) atoms. The van der Waals surface area contributed by atoms with Crippen LogP contribution in [0.3, 0.4) is 0 Å². The third-order valence-electron chi connectivity index (χ3n) is 5.24. The summed E-state index contributed by atoms with van der Waals surface area (Å²) in [6.45, 7) is 1.56. The number of nitrogens with zero attached hydrogens (tertiary/aromatic N) is 3. The van der Waals surface area contributed by atoms with Gasteiger partial charge in [0.15, 0.2) is 0 Å². The van der Waals surface area contributed by atoms with Crippen molar-refractivity contribution in [1.29, 1.82) is 0 Å². The van der Waals surface area contributed by atoms with Crippen molar-refractivity contribution in [1.82, 2.24) is 9.97 Å². The monoisotopic (exact) mass is 476 g/mol. The lowest BCUT2D eigenvalue weighted by molar-refractivity contribution is -0.117. The second-order valence-electron chi connectivity index (χ2n) is 7.65. The SMILES string of the molecule is Cc1ccc(N(C(=O)c2cnccn2)[C@@H](C(=O)Nc2ccc(F)cc2)c2ccc(F)cc2)cc1F. The van der Waals surface area contributed by atoms with Crippen LogP contribution in [0.15, 0.2) is 85.3 Å². The highest BCUT2D eigenvalue weighted by Crippen LogP contribution is 2.31. The van der Waals surface area contributed by atoms with Crippen LogP contribution in [0.25, 0.3) is 0 Å². The van der Waals surface area contributed by atoms with Crippen molar-refractivity contribution in [2.24, 2.45) is 0 Å². The second kappa shape index (κ2) is 10.2. The Hall–Kier alpha value is -4.53. The Balaban J connectivity index is 1.86. The van der Waals surface area contributed by atoms with Crippen LogP contribution in [0.1, 0.15) is 27.7 Å². The van der Waals surface area contributed by atoms with Gasteiger partial charge in [-0.2, -0.15) is 0 Å². The highest BCUT2D eigenvalue weighted by molar-refractivity contribution is 6.11. The van der Waals surface area contributed by atoms with Gasteiger partial charge in [-0.25, -0.2) is 18.2 Å². The van der Waals surface area contributed by atoms with Crippen molar-refractivity contribution in [3.05, 3.63) is 120 Å². The van der Waals surface area contributed by atoms with Crippen molar-refractivity contribution in [3.63, 3.8) is 0 Å². The van der Waals surface area contributed by atoms with E-state index in [0.29, 0.717) is 5.56 Å². The quantitative estimate of drug-likeness (QED) is 0.414. The maximum absolute atomic E-state index is 14.6. The first-order chi connectivity index (χ1) is 16.8. The molecule has 0 aliphatic rings. The Morgan fingerprint density at radius 2 is 1.54 bits per heavy atom. The normalized spacial score (nSPS) is 11.5. The van der Waals surface area contributed by atoms with Crippen LogP contribution in [-0.2, 0) is 4.79 Å². The number of nitrogens with one attached hydrogen (secondary N) is 1. The van der Waals surface area contributed by atoms with E-state index in [4.69, 9.17) is 0 Å². The van der Waals surface area contributed by atoms with E-state index in [-0.39, 0.29) is 22.6 Å². The summed E-state index contributed by atoms with van der Waals surface area (Å²) in [5, 5.41) is 2.64. The minimum Gasteiger partial charge on any atom is -0.324 e. The van der Waals surface area contributed by atoms with Gasteiger partial charge >= 0.3 is 0 Å². The molecule has 2 amide bonds. The summed E-state index contributed by atoms with van der Waals surface area (Å²) in [6, 6.07) is 12.8. The van der Waals surface area contributed by atoms with Gasteiger partial charge in [-0.3, -0.25) is 19.5 Å². The summed E-state index contributed by atoms with van der Waals surface area (Å²) in [4.78, 5) is 36.2. The molecule has 0 saturated heterocycles. The smallest absolute Gasteiger partial charge is 0.279 e. The van der Waals surface area contributed by atoms with Gasteiger partial charge < -0.3 is 5.32 Å². The zero-order chi connectivity index (χ0) is 24.9. The van der Waals surface area contributed by atoms with E-state index in [0.717, 1.165) is 23.1 Å². The number of hydrogen-bond donors (Lipinski definition) is 1. The third kappa shape index (κ3) is 5.35. The van der Waals surface area contributed by atoms with Crippen molar-refractivity contribution < 1.29 is 22.8 Å². The van der Waals surface area contributed by atoms with Crippen LogP contribution in [0, 0.1) is 24.4 Å². The molecular weight excluding hydrogens is 457 g/mol. The van der Waals surface area contributed by atoms with Gasteiger partial charge in [0.25, 0.3) is 11.8 Å². The molecule has 1 aromatic heterocycles. The molecule has 0 aliphatic carbocycles. The van der Waals surface area contributed by atoms with Gasteiger partial charge in [-0.15, -0.1) is 0 Å². The Bertz CT molecular complexity index is 1350. The number of aromatic nitrogens is 2. The number of rotatable bonds is 6. The van der Waals surface area contributed by atoms with Crippen molar-refractivity contribution in [3.8, 4) is 0 Å². The topological polar surface area (TPSA) is 75.2 Å². The van der Waals surface area contributed by atoms with Crippen molar-refractivity contribution in [2.75, 3.05) is 10.2 Å². The largest absolute Gasteiger partial charge is 0.324 e. The molecule has 0 radical (unpaired) electrons. The summed E-state index contributed by atoms with van der Waals surface area (Å²) >= 11 is 0. The number of hydrogen-bond acceptors (Lipinski definition) is 4. The zero-order valence-electron chi connectivity index (χ0n) is 18.5. The minimum atomic E-state index is -1.36. The maximum atomic E-state index is 14.6. The number of benzene rings is 3. The van der Waals surface area contributed by atoms with Gasteiger partial charge in [0.1, 0.15) is 29.2 Å². The molecule has 4 aromatic rings. The molecule has 0 bridgehead atoms. The first-order valence-electron chi connectivity index (χ1n) is 10.5. The van der Waals surface area contributed by atoms with E-state index < -0.39 is 35.3 Å². The van der Waals surface area contributed by atoms with E-state index in [9.17, 15) is 22.8 Å². The molecule has 1 N–H and O–H groups in total. The van der Waals surface area contributed by atoms with Gasteiger partial charge in [-0.05, 0) is 66.6 Å². The average molecular weight is 476 g/mol. The van der Waals surface area contributed by atoms with Crippen LogP contribution in [-0.4, -0.2) is 21.8 Å². The zero-order valence-corrected chi connectivity index (χ0v) is 18.5. The fraction of sp³-hybridized carbons (Fsp3) is 0.0769. The van der Waals surface area contributed by atoms with Crippen LogP contribution in [0.4, 0.5) is 24.5 Å². The number of carbonyl (C=O) groups excluding carboxylic acids is 2. The number of halogens is 3. The van der Waals surface area contributed by atoms with Crippen LogP contribution < -0.4 is 10.2 Å². The van der Waals surface area contributed by atoms with E-state index in [1.165, 1.54) is 67.1 Å². The summed E-state index contributed by atoms with van der Waals surface area (Å²) in [5.41, 5.74) is 0.854. The molecule has 176 valence electrons. The lowest BCUT2D eigenvalue weighted by Crippen LogP contribution is -2.42. The third-order valence-corrected chi connectivity index (χ3v) is 5.24. The first-order valence-corrected chi connectivity index (χ1v) is 10.5. The molecule has 3 aromatic carbocycles. The fourth-order valence-corrected chi connectivity index (χ4v) is 3.45. The summed E-state index contributed by atoms with van der Waals surface area (Å²) in [7, 11) is 0. The van der Waals surface area contributed by atoms with E-state index in [1.54, 1.807) is 6.92 Å². The molecule has 6 nitrogen and oxygen atoms in total. The Labute approximate surface area is 199 Å². The van der Waals surface area contributed by atoms with Crippen LogP contribution >= 0.6 is 0 Å². The first kappa shape index (κ1) is 23.6. The highest BCUT2D eigenvalue weighted by Gasteiger charge is 2.34. The molecule has 0 fully saturated rings. The van der Waals surface area contributed by atoms with Gasteiger partial charge in [-0.1, -0.05) is 18.2 Å². The minimum absolute atomic E-state index is 0.0762. The Kier molecular flexibility index (Phi) is 6.86. The molecule has 1 heterocycles. The molecule has 1 atom stereocenters. The maximum Gasteiger partial charge on any atom is 0.279 e. The Morgan fingerprint density at radius 1 is 0.886 bits per heavy atom. The molecule has 0 aliphatic heterocycles. The number of amides is 2. The van der Waals surface area contributed by atoms with E-state index >= 15 is 0 Å². The molecule has 0 spiro atoms. The molecule has 4 rings (SSSR count). The second-order valence-corrected chi connectivity index (χ2v) is 7.65. The van der Waals surface area contributed by atoms with E-state index in [2.05, 4.69) is 15.3 Å². The number of anilines is 2. The van der Waals surface area contributed by atoms with E-state index in [1.807, 2.05) is 0 Å². The lowest BCUT2D eigenvalue weighted by Gasteiger charge is -2.31. The summed E-state index contributed by atoms with van der Waals surface area (Å²) < 4.78 is 41.6. The van der Waals surface area contributed by atoms with Crippen molar-refractivity contribution >= 4 is 23.2 Å². The predicted octanol–water partition coefficient (Wildman–Crippen LogP) is 5.23.